The zero-order chi connectivity index (χ0) is 15.1. The van der Waals surface area contributed by atoms with E-state index in [9.17, 15) is 9.59 Å². The van der Waals surface area contributed by atoms with Gasteiger partial charge in [0.2, 0.25) is 5.91 Å². The number of nitrogens with one attached hydrogen (secondary N) is 1. The molecule has 0 radical (unpaired) electrons. The van der Waals surface area contributed by atoms with Crippen LogP contribution in [0, 0.1) is 0 Å². The molecule has 0 aliphatic carbocycles. The summed E-state index contributed by atoms with van der Waals surface area (Å²) < 4.78 is 5.57. The number of carbonyl (C=O) groups is 2. The Morgan fingerprint density at radius 3 is 2.60 bits per heavy atom. The molecule has 0 saturated carbocycles. The van der Waals surface area contributed by atoms with Crippen molar-refractivity contribution in [2.24, 2.45) is 0 Å². The molecule has 0 aliphatic rings. The van der Waals surface area contributed by atoms with E-state index < -0.39 is 0 Å². The molecule has 110 valence electrons. The summed E-state index contributed by atoms with van der Waals surface area (Å²) in [7, 11) is 3.46. The van der Waals surface area contributed by atoms with E-state index in [1.54, 1.807) is 13.1 Å². The Morgan fingerprint density at radius 1 is 1.35 bits per heavy atom. The van der Waals surface area contributed by atoms with Gasteiger partial charge in [0.05, 0.1) is 13.2 Å². The summed E-state index contributed by atoms with van der Waals surface area (Å²) in [5.74, 6) is 0.720. The quantitative estimate of drug-likeness (QED) is 0.767. The second kappa shape index (κ2) is 7.65. The summed E-state index contributed by atoms with van der Waals surface area (Å²) in [4.78, 5) is 24.7. The maximum atomic E-state index is 11.5. The van der Waals surface area contributed by atoms with Crippen molar-refractivity contribution in [3.63, 3.8) is 0 Å². The van der Waals surface area contributed by atoms with Crippen molar-refractivity contribution in [3.8, 4) is 5.75 Å². The number of hydrogen-bond donors (Lipinski definition) is 1. The number of ether oxygens (including phenoxy) is 1. The Bertz CT molecular complexity index is 486. The molecule has 0 aromatic heterocycles. The van der Waals surface area contributed by atoms with Gasteiger partial charge < -0.3 is 10.1 Å². The third kappa shape index (κ3) is 4.66. The summed E-state index contributed by atoms with van der Waals surface area (Å²) >= 11 is 0. The third-order valence-corrected chi connectivity index (χ3v) is 2.90. The highest BCUT2D eigenvalue weighted by atomic mass is 16.5. The maximum absolute atomic E-state index is 11.5. The highest BCUT2D eigenvalue weighted by Gasteiger charge is 2.11. The van der Waals surface area contributed by atoms with Gasteiger partial charge in [-0.3, -0.25) is 14.5 Å². The summed E-state index contributed by atoms with van der Waals surface area (Å²) in [6.45, 7) is 4.85. The molecule has 1 aromatic carbocycles. The first kappa shape index (κ1) is 16.2. The summed E-state index contributed by atoms with van der Waals surface area (Å²) in [6.07, 6.45) is 0. The minimum atomic E-state index is -0.0480. The Hall–Kier alpha value is -1.88. The zero-order valence-corrected chi connectivity index (χ0v) is 12.5. The maximum Gasteiger partial charge on any atom is 0.233 e. The topological polar surface area (TPSA) is 58.6 Å². The average Bonchev–Trinajstić information content (AvgIpc) is 2.40. The van der Waals surface area contributed by atoms with Crippen LogP contribution >= 0.6 is 0 Å². The SMILES string of the molecule is CCOc1ccc(C(C)=O)cc1CN(C)CC(=O)NC. The van der Waals surface area contributed by atoms with Crippen LogP contribution in [0.15, 0.2) is 18.2 Å². The van der Waals surface area contributed by atoms with Crippen LogP contribution in [-0.2, 0) is 11.3 Å². The number of carbonyl (C=O) groups excluding carboxylic acids is 2. The van der Waals surface area contributed by atoms with Crippen LogP contribution in [0.5, 0.6) is 5.75 Å². The molecule has 0 heterocycles. The normalized spacial score (nSPS) is 10.4. The van der Waals surface area contributed by atoms with E-state index in [2.05, 4.69) is 5.32 Å². The van der Waals surface area contributed by atoms with Crippen LogP contribution in [0.3, 0.4) is 0 Å². The fraction of sp³-hybridized carbons (Fsp3) is 0.467. The molecule has 1 rings (SSSR count). The van der Waals surface area contributed by atoms with Crippen LogP contribution < -0.4 is 10.1 Å². The van der Waals surface area contributed by atoms with E-state index in [0.717, 1.165) is 11.3 Å². The lowest BCUT2D eigenvalue weighted by Crippen LogP contribution is -2.32. The Balaban J connectivity index is 2.91. The van der Waals surface area contributed by atoms with Crippen molar-refractivity contribution in [2.45, 2.75) is 20.4 Å². The zero-order valence-electron chi connectivity index (χ0n) is 12.5. The van der Waals surface area contributed by atoms with Crippen LogP contribution in [0.1, 0.15) is 29.8 Å². The van der Waals surface area contributed by atoms with Gasteiger partial charge in [0.15, 0.2) is 5.78 Å². The molecule has 5 heteroatoms. The molecule has 0 unspecified atom stereocenters. The number of benzene rings is 1. The minimum absolute atomic E-state index is 0.0169. The van der Waals surface area contributed by atoms with Crippen molar-refractivity contribution >= 4 is 11.7 Å². The summed E-state index contributed by atoms with van der Waals surface area (Å²) in [6, 6.07) is 5.40. The van der Waals surface area contributed by atoms with Gasteiger partial charge in [-0.05, 0) is 39.1 Å². The number of likely N-dealkylation sites (N-methyl/N-ethyl adjacent to an activating group) is 2. The Kier molecular flexibility index (Phi) is 6.18. The molecule has 1 N–H and O–H groups in total. The largest absolute Gasteiger partial charge is 0.494 e. The molecule has 0 fully saturated rings. The van der Waals surface area contributed by atoms with E-state index in [1.165, 1.54) is 6.92 Å². The monoisotopic (exact) mass is 278 g/mol. The number of amides is 1. The smallest absolute Gasteiger partial charge is 0.233 e. The third-order valence-electron chi connectivity index (χ3n) is 2.90. The standard InChI is InChI=1S/C15H22N2O3/c1-5-20-14-7-6-12(11(2)18)8-13(14)9-17(4)10-15(19)16-3/h6-8H,5,9-10H2,1-4H3,(H,16,19). The van der Waals surface area contributed by atoms with Crippen molar-refractivity contribution in [3.05, 3.63) is 29.3 Å². The highest BCUT2D eigenvalue weighted by molar-refractivity contribution is 5.94. The van der Waals surface area contributed by atoms with Crippen molar-refractivity contribution in [1.29, 1.82) is 0 Å². The number of nitrogens with zero attached hydrogens (tertiary/aromatic N) is 1. The summed E-state index contributed by atoms with van der Waals surface area (Å²) in [5, 5.41) is 2.59. The van der Waals surface area contributed by atoms with Crippen LogP contribution in [0.2, 0.25) is 0 Å². The van der Waals surface area contributed by atoms with Crippen molar-refractivity contribution in [2.75, 3.05) is 27.2 Å². The molecule has 0 atom stereocenters. The number of Topliss-reactive ketones (excluding diaryl/α,β-unsaturated/α-hetero) is 1. The lowest BCUT2D eigenvalue weighted by Gasteiger charge is -2.18. The van der Waals surface area contributed by atoms with E-state index in [1.807, 2.05) is 31.0 Å². The Morgan fingerprint density at radius 2 is 2.05 bits per heavy atom. The average molecular weight is 278 g/mol. The fourth-order valence-electron chi connectivity index (χ4n) is 1.89. The van der Waals surface area contributed by atoms with E-state index in [4.69, 9.17) is 4.74 Å². The molecule has 1 aromatic rings. The number of hydrogen-bond acceptors (Lipinski definition) is 4. The first-order chi connectivity index (χ1) is 9.47. The molecule has 5 nitrogen and oxygen atoms in total. The van der Waals surface area contributed by atoms with Gasteiger partial charge in [-0.15, -0.1) is 0 Å². The second-order valence-electron chi connectivity index (χ2n) is 4.66. The highest BCUT2D eigenvalue weighted by Crippen LogP contribution is 2.22. The van der Waals surface area contributed by atoms with Crippen LogP contribution in [0.4, 0.5) is 0 Å². The fourth-order valence-corrected chi connectivity index (χ4v) is 1.89. The van der Waals surface area contributed by atoms with Gasteiger partial charge in [0.1, 0.15) is 5.75 Å². The van der Waals surface area contributed by atoms with Gasteiger partial charge in [0.25, 0.3) is 0 Å². The van der Waals surface area contributed by atoms with E-state index in [-0.39, 0.29) is 11.7 Å². The first-order valence-electron chi connectivity index (χ1n) is 6.63. The Labute approximate surface area is 119 Å². The molecule has 0 saturated heterocycles. The van der Waals surface area contributed by atoms with Gasteiger partial charge in [-0.25, -0.2) is 0 Å². The molecule has 1 amide bonds. The molecule has 0 aliphatic heterocycles. The predicted molar refractivity (Wildman–Crippen MR) is 78.0 cm³/mol. The lowest BCUT2D eigenvalue weighted by molar-refractivity contribution is -0.121. The predicted octanol–water partition coefficient (Wildman–Crippen LogP) is 1.47. The van der Waals surface area contributed by atoms with Crippen LogP contribution in [0.25, 0.3) is 0 Å². The second-order valence-corrected chi connectivity index (χ2v) is 4.66. The summed E-state index contributed by atoms with van der Waals surface area (Å²) in [5.41, 5.74) is 1.56. The molecule has 0 spiro atoms. The molecular formula is C15H22N2O3. The van der Waals surface area contributed by atoms with Gasteiger partial charge >= 0.3 is 0 Å². The molecule has 20 heavy (non-hydrogen) atoms. The van der Waals surface area contributed by atoms with Gasteiger partial charge in [0, 0.05) is 24.7 Å². The molecular weight excluding hydrogens is 256 g/mol. The van der Waals surface area contributed by atoms with Gasteiger partial charge in [-0.2, -0.15) is 0 Å². The first-order valence-corrected chi connectivity index (χ1v) is 6.63. The van der Waals surface area contributed by atoms with E-state index >= 15 is 0 Å². The number of ketones is 1. The van der Waals surface area contributed by atoms with Gasteiger partial charge in [-0.1, -0.05) is 0 Å². The number of rotatable bonds is 7. The van der Waals surface area contributed by atoms with Crippen molar-refractivity contribution in [1.82, 2.24) is 10.2 Å². The molecule has 0 bridgehead atoms. The van der Waals surface area contributed by atoms with E-state index in [0.29, 0.717) is 25.3 Å². The minimum Gasteiger partial charge on any atom is -0.494 e. The van der Waals surface area contributed by atoms with Crippen molar-refractivity contribution < 1.29 is 14.3 Å². The lowest BCUT2D eigenvalue weighted by atomic mass is 10.1. The van der Waals surface area contributed by atoms with Crippen LogP contribution in [-0.4, -0.2) is 43.8 Å².